The predicted molar refractivity (Wildman–Crippen MR) is 70.2 cm³/mol. The third-order valence-corrected chi connectivity index (χ3v) is 4.11. The summed E-state index contributed by atoms with van der Waals surface area (Å²) in [6.45, 7) is 15.3. The Balaban J connectivity index is 3.65. The van der Waals surface area contributed by atoms with E-state index < -0.39 is 0 Å². The summed E-state index contributed by atoms with van der Waals surface area (Å²) in [5.74, 6) is 0. The van der Waals surface area contributed by atoms with Crippen LogP contribution in [0.1, 0.15) is 47.2 Å². The van der Waals surface area contributed by atoms with Gasteiger partial charge in [0.15, 0.2) is 0 Å². The highest BCUT2D eigenvalue weighted by Crippen LogP contribution is 2.35. The Labute approximate surface area is 99.8 Å². The first-order valence-corrected chi connectivity index (χ1v) is 5.86. The van der Waals surface area contributed by atoms with Crippen molar-refractivity contribution in [3.8, 4) is 0 Å². The Morgan fingerprint density at radius 3 is 1.31 bits per heavy atom. The Kier molecular flexibility index (Phi) is 3.49. The molecule has 1 nitrogen and oxygen atoms in total. The first-order chi connectivity index (χ1) is 7.24. The summed E-state index contributed by atoms with van der Waals surface area (Å²) < 4.78 is 5.64. The lowest BCUT2D eigenvalue weighted by Gasteiger charge is -2.30. The molecule has 0 unspecified atom stereocenters. The van der Waals surface area contributed by atoms with Gasteiger partial charge in [0.2, 0.25) is 0 Å². The van der Waals surface area contributed by atoms with Crippen LogP contribution in [-0.4, -0.2) is 7.11 Å². The van der Waals surface area contributed by atoms with Gasteiger partial charge >= 0.3 is 0 Å². The minimum absolute atomic E-state index is 0.211. The van der Waals surface area contributed by atoms with E-state index in [-0.39, 0.29) is 5.60 Å². The Morgan fingerprint density at radius 1 is 0.688 bits per heavy atom. The molecule has 1 rings (SSSR count). The molecule has 1 heteroatoms. The Morgan fingerprint density at radius 2 is 1.00 bits per heavy atom. The third-order valence-electron chi connectivity index (χ3n) is 4.11. The van der Waals surface area contributed by atoms with Gasteiger partial charge in [0.25, 0.3) is 0 Å². The smallest absolute Gasteiger partial charge is 0.0876 e. The second-order valence-corrected chi connectivity index (χ2v) is 5.21. The minimum atomic E-state index is -0.211. The minimum Gasteiger partial charge on any atom is -0.374 e. The van der Waals surface area contributed by atoms with Crippen molar-refractivity contribution in [2.24, 2.45) is 0 Å². The van der Waals surface area contributed by atoms with Crippen molar-refractivity contribution in [3.63, 3.8) is 0 Å². The van der Waals surface area contributed by atoms with Crippen molar-refractivity contribution < 1.29 is 4.74 Å². The Bertz CT molecular complexity index is 385. The summed E-state index contributed by atoms with van der Waals surface area (Å²) in [7, 11) is 1.78. The largest absolute Gasteiger partial charge is 0.374 e. The fourth-order valence-corrected chi connectivity index (χ4v) is 2.51. The van der Waals surface area contributed by atoms with E-state index in [1.54, 1.807) is 7.11 Å². The first kappa shape index (κ1) is 13.2. The molecule has 0 spiro atoms. The number of hydrogen-bond donors (Lipinski definition) is 0. The molecular formula is C15H24O. The molecule has 0 saturated heterocycles. The summed E-state index contributed by atoms with van der Waals surface area (Å²) in [5.41, 5.74) is 8.06. The van der Waals surface area contributed by atoms with Crippen molar-refractivity contribution >= 4 is 0 Å². The maximum absolute atomic E-state index is 5.64. The molecule has 0 aromatic heterocycles. The molecule has 0 bridgehead atoms. The van der Waals surface area contributed by atoms with Crippen LogP contribution in [0.5, 0.6) is 0 Å². The van der Waals surface area contributed by atoms with E-state index in [9.17, 15) is 0 Å². The molecule has 0 amide bonds. The highest BCUT2D eigenvalue weighted by atomic mass is 16.5. The molecule has 0 N–H and O–H groups in total. The topological polar surface area (TPSA) is 9.23 Å². The van der Waals surface area contributed by atoms with Gasteiger partial charge < -0.3 is 4.74 Å². The normalized spacial score (nSPS) is 12.0. The zero-order chi connectivity index (χ0) is 12.7. The summed E-state index contributed by atoms with van der Waals surface area (Å²) in [5, 5.41) is 0. The van der Waals surface area contributed by atoms with Crippen LogP contribution in [0.15, 0.2) is 0 Å². The molecule has 0 heterocycles. The second kappa shape index (κ2) is 4.21. The lowest BCUT2D eigenvalue weighted by molar-refractivity contribution is 0.0180. The average Bonchev–Trinajstić information content (AvgIpc) is 2.23. The highest BCUT2D eigenvalue weighted by molar-refractivity contribution is 5.51. The molecule has 0 aliphatic rings. The van der Waals surface area contributed by atoms with Gasteiger partial charge in [-0.1, -0.05) is 0 Å². The molecule has 1 aromatic rings. The van der Waals surface area contributed by atoms with Crippen LogP contribution in [0.2, 0.25) is 0 Å². The van der Waals surface area contributed by atoms with Crippen LogP contribution in [0.25, 0.3) is 0 Å². The summed E-state index contributed by atoms with van der Waals surface area (Å²) in [6, 6.07) is 0. The summed E-state index contributed by atoms with van der Waals surface area (Å²) >= 11 is 0. The van der Waals surface area contributed by atoms with Crippen molar-refractivity contribution in [1.82, 2.24) is 0 Å². The van der Waals surface area contributed by atoms with Crippen molar-refractivity contribution in [3.05, 3.63) is 33.4 Å². The molecule has 1 aromatic carbocycles. The number of ether oxygens (including phenoxy) is 1. The highest BCUT2D eigenvalue weighted by Gasteiger charge is 2.26. The summed E-state index contributed by atoms with van der Waals surface area (Å²) in [6.07, 6.45) is 0. The van der Waals surface area contributed by atoms with Crippen LogP contribution < -0.4 is 0 Å². The predicted octanol–water partition coefficient (Wildman–Crippen LogP) is 4.11. The number of benzene rings is 1. The van der Waals surface area contributed by atoms with Gasteiger partial charge in [-0.2, -0.15) is 0 Å². The monoisotopic (exact) mass is 220 g/mol. The molecule has 90 valence electrons. The Hall–Kier alpha value is -0.820. The van der Waals surface area contributed by atoms with Crippen molar-refractivity contribution in [2.45, 2.75) is 54.1 Å². The zero-order valence-corrected chi connectivity index (χ0v) is 11.9. The van der Waals surface area contributed by atoms with Gasteiger partial charge in [0, 0.05) is 7.11 Å². The lowest BCUT2D eigenvalue weighted by atomic mass is 9.82. The lowest BCUT2D eigenvalue weighted by Crippen LogP contribution is -2.23. The zero-order valence-electron chi connectivity index (χ0n) is 11.9. The molecule has 16 heavy (non-hydrogen) atoms. The molecule has 0 aliphatic heterocycles. The fraction of sp³-hybridized carbons (Fsp3) is 0.600. The van der Waals surface area contributed by atoms with Gasteiger partial charge in [-0.05, 0) is 81.8 Å². The van der Waals surface area contributed by atoms with E-state index in [1.165, 1.54) is 33.4 Å². The molecule has 0 radical (unpaired) electrons. The van der Waals surface area contributed by atoms with Crippen LogP contribution in [0.3, 0.4) is 0 Å². The molecule has 0 saturated carbocycles. The molecule has 0 atom stereocenters. The number of methoxy groups -OCH3 is 1. The SMILES string of the molecule is COC(C)(C)c1c(C)c(C)c(C)c(C)c1C. The van der Waals surface area contributed by atoms with E-state index in [4.69, 9.17) is 4.74 Å². The van der Waals surface area contributed by atoms with Crippen LogP contribution >= 0.6 is 0 Å². The van der Waals surface area contributed by atoms with E-state index in [0.29, 0.717) is 0 Å². The van der Waals surface area contributed by atoms with Gasteiger partial charge in [-0.15, -0.1) is 0 Å². The van der Waals surface area contributed by atoms with E-state index in [1.807, 2.05) is 0 Å². The van der Waals surface area contributed by atoms with Gasteiger partial charge in [-0.3, -0.25) is 0 Å². The first-order valence-electron chi connectivity index (χ1n) is 5.86. The van der Waals surface area contributed by atoms with Crippen LogP contribution in [0, 0.1) is 34.6 Å². The second-order valence-electron chi connectivity index (χ2n) is 5.21. The van der Waals surface area contributed by atoms with Crippen LogP contribution in [-0.2, 0) is 10.3 Å². The maximum atomic E-state index is 5.64. The van der Waals surface area contributed by atoms with Crippen molar-refractivity contribution in [2.75, 3.05) is 7.11 Å². The maximum Gasteiger partial charge on any atom is 0.0876 e. The summed E-state index contributed by atoms with van der Waals surface area (Å²) in [4.78, 5) is 0. The van der Waals surface area contributed by atoms with Gasteiger partial charge in [0.1, 0.15) is 0 Å². The fourth-order valence-electron chi connectivity index (χ4n) is 2.51. The average molecular weight is 220 g/mol. The van der Waals surface area contributed by atoms with E-state index in [2.05, 4.69) is 48.5 Å². The molecular weight excluding hydrogens is 196 g/mol. The standard InChI is InChI=1S/C15H24O/c1-9-10(2)12(4)14(13(5)11(9)3)15(6,7)16-8/h1-8H3. The van der Waals surface area contributed by atoms with E-state index >= 15 is 0 Å². The van der Waals surface area contributed by atoms with Gasteiger partial charge in [-0.25, -0.2) is 0 Å². The van der Waals surface area contributed by atoms with E-state index in [0.717, 1.165) is 0 Å². The quantitative estimate of drug-likeness (QED) is 0.729. The van der Waals surface area contributed by atoms with Crippen LogP contribution in [0.4, 0.5) is 0 Å². The van der Waals surface area contributed by atoms with Crippen molar-refractivity contribution in [1.29, 1.82) is 0 Å². The van der Waals surface area contributed by atoms with Gasteiger partial charge in [0.05, 0.1) is 5.60 Å². The molecule has 0 aliphatic carbocycles. The molecule has 0 fully saturated rings. The third kappa shape index (κ3) is 1.89. The number of hydrogen-bond acceptors (Lipinski definition) is 1. The number of rotatable bonds is 2.